The van der Waals surface area contributed by atoms with Crippen LogP contribution < -0.4 is 5.32 Å². The van der Waals surface area contributed by atoms with Crippen LogP contribution in [0.2, 0.25) is 5.02 Å². The van der Waals surface area contributed by atoms with Crippen molar-refractivity contribution in [2.75, 3.05) is 5.32 Å². The largest absolute Gasteiger partial charge is 0.366 e. The second-order valence-corrected chi connectivity index (χ2v) is 7.18. The number of hydrogen-bond acceptors (Lipinski definition) is 4. The third-order valence-corrected chi connectivity index (χ3v) is 4.74. The van der Waals surface area contributed by atoms with Crippen LogP contribution in [-0.2, 0) is 13.0 Å². The van der Waals surface area contributed by atoms with Gasteiger partial charge in [-0.1, -0.05) is 23.7 Å². The summed E-state index contributed by atoms with van der Waals surface area (Å²) in [5, 5.41) is 4.98. The van der Waals surface area contributed by atoms with Crippen LogP contribution >= 0.6 is 27.5 Å². The SMILES string of the molecule is Clc1cnc2[nH]cc(Cc3ccc(NCc4ccc(Br)nc4)nc3)c2c1. The van der Waals surface area contributed by atoms with E-state index in [9.17, 15) is 0 Å². The van der Waals surface area contributed by atoms with Crippen molar-refractivity contribution in [2.24, 2.45) is 0 Å². The molecule has 0 saturated heterocycles. The summed E-state index contributed by atoms with van der Waals surface area (Å²) < 4.78 is 0.831. The molecule has 0 fully saturated rings. The zero-order chi connectivity index (χ0) is 17.9. The molecule has 0 unspecified atom stereocenters. The van der Waals surface area contributed by atoms with Gasteiger partial charge in [-0.25, -0.2) is 15.0 Å². The molecule has 0 aromatic carbocycles. The summed E-state index contributed by atoms with van der Waals surface area (Å²) in [7, 11) is 0. The molecule has 0 saturated carbocycles. The molecule has 0 radical (unpaired) electrons. The van der Waals surface area contributed by atoms with E-state index in [4.69, 9.17) is 11.6 Å². The maximum atomic E-state index is 6.06. The number of nitrogens with zero attached hydrogens (tertiary/aromatic N) is 3. The van der Waals surface area contributed by atoms with Gasteiger partial charge in [0.15, 0.2) is 0 Å². The van der Waals surface area contributed by atoms with E-state index in [1.807, 2.05) is 42.9 Å². The Kier molecular flexibility index (Phi) is 4.86. The Morgan fingerprint density at radius 2 is 1.85 bits per heavy atom. The van der Waals surface area contributed by atoms with E-state index < -0.39 is 0 Å². The number of H-pyrrole nitrogens is 1. The second kappa shape index (κ2) is 7.43. The molecule has 0 aliphatic heterocycles. The Balaban J connectivity index is 1.43. The van der Waals surface area contributed by atoms with Crippen molar-refractivity contribution in [1.82, 2.24) is 19.9 Å². The highest BCUT2D eigenvalue weighted by Gasteiger charge is 2.07. The Bertz CT molecular complexity index is 1030. The normalized spacial score (nSPS) is 11.0. The molecule has 4 heterocycles. The highest BCUT2D eigenvalue weighted by atomic mass is 79.9. The minimum atomic E-state index is 0.637. The van der Waals surface area contributed by atoms with Crippen LogP contribution in [0.25, 0.3) is 11.0 Å². The van der Waals surface area contributed by atoms with E-state index in [1.54, 1.807) is 6.20 Å². The van der Waals surface area contributed by atoms with Crippen LogP contribution in [-0.4, -0.2) is 19.9 Å². The third-order valence-electron chi connectivity index (χ3n) is 4.06. The predicted molar refractivity (Wildman–Crippen MR) is 107 cm³/mol. The van der Waals surface area contributed by atoms with Gasteiger partial charge >= 0.3 is 0 Å². The molecule has 0 atom stereocenters. The molecular weight excluding hydrogens is 414 g/mol. The molecule has 26 heavy (non-hydrogen) atoms. The van der Waals surface area contributed by atoms with Crippen molar-refractivity contribution in [3.63, 3.8) is 0 Å². The fraction of sp³-hybridized carbons (Fsp3) is 0.105. The Morgan fingerprint density at radius 3 is 2.62 bits per heavy atom. The molecule has 130 valence electrons. The van der Waals surface area contributed by atoms with Crippen molar-refractivity contribution < 1.29 is 0 Å². The Labute approximate surface area is 164 Å². The molecule has 4 aromatic rings. The highest BCUT2D eigenvalue weighted by molar-refractivity contribution is 9.10. The first-order valence-corrected chi connectivity index (χ1v) is 9.25. The van der Waals surface area contributed by atoms with Crippen LogP contribution in [0.15, 0.2) is 59.7 Å². The number of hydrogen-bond donors (Lipinski definition) is 2. The number of rotatable bonds is 5. The van der Waals surface area contributed by atoms with Gasteiger partial charge in [0.25, 0.3) is 0 Å². The van der Waals surface area contributed by atoms with Crippen LogP contribution in [0.5, 0.6) is 0 Å². The number of anilines is 1. The summed E-state index contributed by atoms with van der Waals surface area (Å²) in [6.07, 6.45) is 8.11. The van der Waals surface area contributed by atoms with E-state index in [0.29, 0.717) is 11.6 Å². The van der Waals surface area contributed by atoms with Crippen molar-refractivity contribution in [2.45, 2.75) is 13.0 Å². The minimum Gasteiger partial charge on any atom is -0.366 e. The average molecular weight is 429 g/mol. The smallest absolute Gasteiger partial charge is 0.137 e. The average Bonchev–Trinajstić information content (AvgIpc) is 3.04. The first kappa shape index (κ1) is 17.0. The van der Waals surface area contributed by atoms with Crippen molar-refractivity contribution in [3.05, 3.63) is 81.4 Å². The van der Waals surface area contributed by atoms with E-state index in [1.165, 1.54) is 0 Å². The van der Waals surface area contributed by atoms with Gasteiger partial charge in [-0.05, 0) is 50.8 Å². The maximum absolute atomic E-state index is 6.06. The van der Waals surface area contributed by atoms with Gasteiger partial charge in [0.2, 0.25) is 0 Å². The summed E-state index contributed by atoms with van der Waals surface area (Å²) in [6, 6.07) is 9.95. The van der Waals surface area contributed by atoms with Crippen molar-refractivity contribution in [3.8, 4) is 0 Å². The summed E-state index contributed by atoms with van der Waals surface area (Å²) in [4.78, 5) is 16.2. The van der Waals surface area contributed by atoms with Crippen molar-refractivity contribution >= 4 is 44.4 Å². The van der Waals surface area contributed by atoms with Gasteiger partial charge in [0, 0.05) is 43.1 Å². The van der Waals surface area contributed by atoms with Crippen LogP contribution in [0, 0.1) is 0 Å². The highest BCUT2D eigenvalue weighted by Crippen LogP contribution is 2.22. The third kappa shape index (κ3) is 3.86. The number of nitrogens with one attached hydrogen (secondary N) is 2. The topological polar surface area (TPSA) is 66.5 Å². The summed E-state index contributed by atoms with van der Waals surface area (Å²) >= 11 is 9.40. The van der Waals surface area contributed by atoms with Gasteiger partial charge in [-0.2, -0.15) is 0 Å². The van der Waals surface area contributed by atoms with Crippen LogP contribution in [0.1, 0.15) is 16.7 Å². The van der Waals surface area contributed by atoms with Crippen LogP contribution in [0.3, 0.4) is 0 Å². The van der Waals surface area contributed by atoms with E-state index in [0.717, 1.165) is 44.6 Å². The van der Waals surface area contributed by atoms with E-state index in [-0.39, 0.29) is 0 Å². The monoisotopic (exact) mass is 427 g/mol. The molecule has 0 spiro atoms. The molecule has 7 heteroatoms. The first-order valence-electron chi connectivity index (χ1n) is 8.08. The molecule has 4 aromatic heterocycles. The number of aromatic nitrogens is 4. The van der Waals surface area contributed by atoms with Gasteiger partial charge in [-0.15, -0.1) is 0 Å². The molecule has 0 aliphatic rings. The molecule has 0 aliphatic carbocycles. The quantitative estimate of drug-likeness (QED) is 0.440. The predicted octanol–water partition coefficient (Wildman–Crippen LogP) is 4.97. The Morgan fingerprint density at radius 1 is 1.00 bits per heavy atom. The number of pyridine rings is 3. The molecule has 0 bridgehead atoms. The first-order chi connectivity index (χ1) is 12.7. The fourth-order valence-corrected chi connectivity index (χ4v) is 3.13. The molecule has 0 amide bonds. The van der Waals surface area contributed by atoms with Crippen molar-refractivity contribution in [1.29, 1.82) is 0 Å². The van der Waals surface area contributed by atoms with Gasteiger partial charge in [0.1, 0.15) is 16.1 Å². The lowest BCUT2D eigenvalue weighted by molar-refractivity contribution is 1.07. The Hall–Kier alpha value is -2.44. The molecule has 5 nitrogen and oxygen atoms in total. The number of aromatic amines is 1. The fourth-order valence-electron chi connectivity index (χ4n) is 2.74. The van der Waals surface area contributed by atoms with Crippen LogP contribution in [0.4, 0.5) is 5.82 Å². The maximum Gasteiger partial charge on any atom is 0.137 e. The zero-order valence-electron chi connectivity index (χ0n) is 13.7. The van der Waals surface area contributed by atoms with Gasteiger partial charge in [-0.3, -0.25) is 0 Å². The lowest BCUT2D eigenvalue weighted by Crippen LogP contribution is -2.02. The summed E-state index contributed by atoms with van der Waals surface area (Å²) in [5.41, 5.74) is 4.22. The van der Waals surface area contributed by atoms with Gasteiger partial charge in [0.05, 0.1) is 5.02 Å². The lowest BCUT2D eigenvalue weighted by Gasteiger charge is -2.07. The molecule has 4 rings (SSSR count). The van der Waals surface area contributed by atoms with E-state index in [2.05, 4.69) is 47.2 Å². The number of halogens is 2. The molecule has 2 N–H and O–H groups in total. The molecular formula is C19H15BrClN5. The minimum absolute atomic E-state index is 0.637. The lowest BCUT2D eigenvalue weighted by atomic mass is 10.1. The summed E-state index contributed by atoms with van der Waals surface area (Å²) in [6.45, 7) is 0.680. The standard InChI is InChI=1S/C19H15BrClN5/c20-17-3-1-13(8-22-17)9-24-18-4-2-12(7-23-18)5-14-10-25-19-16(14)6-15(21)11-26-19/h1-4,6-8,10-11H,5,9H2,(H,23,24)(H,25,26). The zero-order valence-corrected chi connectivity index (χ0v) is 16.0. The second-order valence-electron chi connectivity index (χ2n) is 5.93. The number of fused-ring (bicyclic) bond motifs is 1. The van der Waals surface area contributed by atoms with Gasteiger partial charge < -0.3 is 10.3 Å². The summed E-state index contributed by atoms with van der Waals surface area (Å²) in [5.74, 6) is 0.834. The van der Waals surface area contributed by atoms with E-state index >= 15 is 0 Å².